The van der Waals surface area contributed by atoms with E-state index < -0.39 is 25.5 Å². The highest BCUT2D eigenvalue weighted by Crippen LogP contribution is 1.88. The minimum Gasteiger partial charge on any atom is -0.450 e. The fraction of sp³-hybridized carbons (Fsp3) is 0.833. The molecule has 6 heteroatoms. The number of carboxylic acid groups (broad SMARTS) is 1. The quantitative estimate of drug-likeness (QED) is 0.382. The first kappa shape index (κ1) is 11.2. The smallest absolute Gasteiger partial charge is 0.450 e. The Labute approximate surface area is 69.3 Å². The molecular weight excluding hydrogens is 168 g/mol. The van der Waals surface area contributed by atoms with Gasteiger partial charge < -0.3 is 24.8 Å². The van der Waals surface area contributed by atoms with E-state index >= 15 is 0 Å². The molecule has 0 bridgehead atoms. The molecule has 0 unspecified atom stereocenters. The second-order valence-electron chi connectivity index (χ2n) is 1.98. The molecule has 0 atom stereocenters. The zero-order valence-electron chi connectivity index (χ0n) is 6.47. The molecule has 6 nitrogen and oxygen atoms in total. The molecule has 1 aliphatic rings. The molecule has 1 rings (SSSR count). The molecule has 1 saturated heterocycles. The highest BCUT2D eigenvalue weighted by molar-refractivity contribution is 5.57. The molecule has 0 aliphatic carbocycles. The van der Waals surface area contributed by atoms with Gasteiger partial charge in [0.05, 0.1) is 26.4 Å². The van der Waals surface area contributed by atoms with Crippen LogP contribution in [-0.2, 0) is 9.47 Å². The van der Waals surface area contributed by atoms with E-state index in [2.05, 4.69) is 9.47 Å². The van der Waals surface area contributed by atoms with E-state index in [-0.39, 0.29) is 0 Å². The summed E-state index contributed by atoms with van der Waals surface area (Å²) in [5, 5.41) is 24.4. The van der Waals surface area contributed by atoms with Gasteiger partial charge in [-0.3, -0.25) is 0 Å². The van der Waals surface area contributed by atoms with Gasteiger partial charge in [-0.2, -0.15) is 0 Å². The summed E-state index contributed by atoms with van der Waals surface area (Å²) in [4.78, 5) is 9.68. The largest absolute Gasteiger partial charge is 0.506 e. The lowest BCUT2D eigenvalue weighted by Gasteiger charge is -2.07. The predicted octanol–water partition coefficient (Wildman–Crippen LogP) is -0.949. The zero-order valence-corrected chi connectivity index (χ0v) is 6.47. The first-order chi connectivity index (χ1) is 5.70. The third-order valence-electron chi connectivity index (χ3n) is 0.879. The number of aliphatic hydroxyl groups is 2. The highest BCUT2D eigenvalue weighted by Gasteiger charge is 2.09. The van der Waals surface area contributed by atoms with Crippen LogP contribution < -0.4 is 0 Å². The Bertz CT molecular complexity index is 116. The van der Waals surface area contributed by atoms with Crippen LogP contribution in [0.2, 0.25) is 0 Å². The van der Waals surface area contributed by atoms with Crippen molar-refractivity contribution in [3.63, 3.8) is 0 Å². The number of epoxide rings is 1. The lowest BCUT2D eigenvalue weighted by molar-refractivity contribution is -0.00279. The maximum Gasteiger partial charge on any atom is 0.506 e. The van der Waals surface area contributed by atoms with E-state index in [1.54, 1.807) is 0 Å². The number of ether oxygens (including phenoxy) is 2. The van der Waals surface area contributed by atoms with Gasteiger partial charge >= 0.3 is 6.16 Å². The number of aliphatic hydroxyl groups excluding tert-OH is 2. The molecule has 3 N–H and O–H groups in total. The van der Waals surface area contributed by atoms with Crippen molar-refractivity contribution in [3.8, 4) is 0 Å². The Morgan fingerprint density at radius 2 is 1.83 bits per heavy atom. The van der Waals surface area contributed by atoms with Crippen molar-refractivity contribution in [2.24, 2.45) is 0 Å². The second kappa shape index (κ2) is 6.84. The minimum absolute atomic E-state index is 0.497. The Kier molecular flexibility index (Phi) is 6.35. The van der Waals surface area contributed by atoms with Gasteiger partial charge in [0.25, 0.3) is 0 Å². The third-order valence-corrected chi connectivity index (χ3v) is 0.879. The maximum atomic E-state index is 9.68. The van der Waals surface area contributed by atoms with Gasteiger partial charge in [0.2, 0.25) is 0 Å². The van der Waals surface area contributed by atoms with Crippen LogP contribution >= 0.6 is 0 Å². The monoisotopic (exact) mass is 180 g/mol. The van der Waals surface area contributed by atoms with Crippen LogP contribution in [0.1, 0.15) is 0 Å². The van der Waals surface area contributed by atoms with Crippen LogP contribution in [0.4, 0.5) is 4.79 Å². The Morgan fingerprint density at radius 3 is 1.92 bits per heavy atom. The van der Waals surface area contributed by atoms with Crippen molar-refractivity contribution in [1.29, 1.82) is 0 Å². The molecule has 0 amide bonds. The summed E-state index contributed by atoms with van der Waals surface area (Å²) in [6.45, 7) is 1.01. The molecule has 12 heavy (non-hydrogen) atoms. The van der Waals surface area contributed by atoms with E-state index in [1.807, 2.05) is 0 Å². The van der Waals surface area contributed by atoms with Crippen LogP contribution in [-0.4, -0.2) is 54.0 Å². The molecule has 1 heterocycles. The van der Waals surface area contributed by atoms with E-state index in [9.17, 15) is 4.79 Å². The van der Waals surface area contributed by atoms with Crippen LogP contribution in [0.3, 0.4) is 0 Å². The van der Waals surface area contributed by atoms with Gasteiger partial charge in [-0.25, -0.2) is 4.79 Å². The van der Waals surface area contributed by atoms with Crippen LogP contribution in [0.25, 0.3) is 0 Å². The fourth-order valence-electron chi connectivity index (χ4n) is 0.275. The highest BCUT2D eigenvalue weighted by atomic mass is 16.7. The summed E-state index contributed by atoms with van der Waals surface area (Å²) in [5.41, 5.74) is 0. The van der Waals surface area contributed by atoms with Crippen LogP contribution in [0.5, 0.6) is 0 Å². The molecule has 0 aromatic rings. The first-order valence-electron chi connectivity index (χ1n) is 3.39. The topological polar surface area (TPSA) is 99.5 Å². The van der Waals surface area contributed by atoms with Gasteiger partial charge in [0.15, 0.2) is 6.10 Å². The van der Waals surface area contributed by atoms with Crippen LogP contribution in [0.15, 0.2) is 0 Å². The molecule has 1 fully saturated rings. The van der Waals surface area contributed by atoms with Crippen molar-refractivity contribution in [1.82, 2.24) is 0 Å². The second-order valence-corrected chi connectivity index (χ2v) is 1.98. The summed E-state index contributed by atoms with van der Waals surface area (Å²) in [6.07, 6.45) is -2.51. The fourth-order valence-corrected chi connectivity index (χ4v) is 0.275. The minimum atomic E-state index is -1.50. The molecule has 0 radical (unpaired) electrons. The van der Waals surface area contributed by atoms with Crippen LogP contribution in [0, 0.1) is 0 Å². The van der Waals surface area contributed by atoms with Gasteiger partial charge in [-0.05, 0) is 0 Å². The summed E-state index contributed by atoms with van der Waals surface area (Å²) >= 11 is 0. The van der Waals surface area contributed by atoms with Crippen molar-refractivity contribution in [2.75, 3.05) is 26.4 Å². The Hall–Kier alpha value is -0.850. The van der Waals surface area contributed by atoms with Crippen molar-refractivity contribution >= 4 is 6.16 Å². The van der Waals surface area contributed by atoms with Gasteiger partial charge in [0, 0.05) is 0 Å². The van der Waals surface area contributed by atoms with Crippen molar-refractivity contribution in [2.45, 2.75) is 6.10 Å². The standard InChI is InChI=1S/C4H8O5.C2H4O/c5-1-3(2-6)9-4(7)8;1-2-3-1/h3,5-6H,1-2H2,(H,7,8);1-2H2. The van der Waals surface area contributed by atoms with Gasteiger partial charge in [-0.1, -0.05) is 0 Å². The molecule has 72 valence electrons. The van der Waals surface area contributed by atoms with E-state index in [0.29, 0.717) is 0 Å². The van der Waals surface area contributed by atoms with Gasteiger partial charge in [-0.15, -0.1) is 0 Å². The average molecular weight is 180 g/mol. The normalized spacial score (nSPS) is 13.2. The number of rotatable bonds is 3. The number of hydrogen-bond donors (Lipinski definition) is 3. The average Bonchev–Trinajstić information content (AvgIpc) is 2.85. The van der Waals surface area contributed by atoms with E-state index in [0.717, 1.165) is 13.2 Å². The Balaban J connectivity index is 0.000000330. The molecule has 0 saturated carbocycles. The molecule has 0 aromatic heterocycles. The van der Waals surface area contributed by atoms with Gasteiger partial charge in [0.1, 0.15) is 0 Å². The van der Waals surface area contributed by atoms with Crippen molar-refractivity contribution < 1.29 is 29.6 Å². The first-order valence-corrected chi connectivity index (χ1v) is 3.39. The summed E-state index contributed by atoms with van der Waals surface area (Å²) < 4.78 is 8.47. The maximum absolute atomic E-state index is 9.68. The zero-order chi connectivity index (χ0) is 9.40. The third kappa shape index (κ3) is 9.15. The molecular formula is C6H12O6. The number of carbonyl (C=O) groups is 1. The summed E-state index contributed by atoms with van der Waals surface area (Å²) in [5.74, 6) is 0. The molecule has 1 aliphatic heterocycles. The lowest BCUT2D eigenvalue weighted by atomic mass is 10.4. The summed E-state index contributed by atoms with van der Waals surface area (Å²) in [7, 11) is 0. The van der Waals surface area contributed by atoms with E-state index in [1.165, 1.54) is 0 Å². The lowest BCUT2D eigenvalue weighted by Crippen LogP contribution is -2.24. The predicted molar refractivity (Wildman–Crippen MR) is 37.9 cm³/mol. The van der Waals surface area contributed by atoms with E-state index in [4.69, 9.17) is 15.3 Å². The molecule has 0 spiro atoms. The number of hydrogen-bond acceptors (Lipinski definition) is 5. The Morgan fingerprint density at radius 1 is 1.42 bits per heavy atom. The SMILES string of the molecule is C1CO1.O=C(O)OC(CO)CO. The molecule has 0 aromatic carbocycles. The van der Waals surface area contributed by atoms with Crippen molar-refractivity contribution in [3.05, 3.63) is 0 Å². The summed E-state index contributed by atoms with van der Waals surface area (Å²) in [6, 6.07) is 0.